The summed E-state index contributed by atoms with van der Waals surface area (Å²) < 4.78 is 5.69. The van der Waals surface area contributed by atoms with Gasteiger partial charge in [-0.1, -0.05) is 0 Å². The summed E-state index contributed by atoms with van der Waals surface area (Å²) >= 11 is 3.21. The minimum absolute atomic E-state index is 0.0108. The highest BCUT2D eigenvalue weighted by Crippen LogP contribution is 2.31. The summed E-state index contributed by atoms with van der Waals surface area (Å²) in [5, 5.41) is 0. The maximum atomic E-state index is 12.4. The fourth-order valence-corrected chi connectivity index (χ4v) is 2.68. The smallest absolute Gasteiger partial charge is 0.257 e. The van der Waals surface area contributed by atoms with E-state index >= 15 is 0 Å². The Morgan fingerprint density at radius 1 is 1.61 bits per heavy atom. The number of aromatic nitrogens is 2. The molecule has 0 aliphatic carbocycles. The van der Waals surface area contributed by atoms with Crippen molar-refractivity contribution in [1.82, 2.24) is 14.9 Å². The van der Waals surface area contributed by atoms with E-state index in [0.717, 1.165) is 25.2 Å². The Kier molecular flexibility index (Phi) is 2.95. The summed E-state index contributed by atoms with van der Waals surface area (Å²) in [5.41, 5.74) is 0.570. The third kappa shape index (κ3) is 1.96. The van der Waals surface area contributed by atoms with Crippen LogP contribution < -0.4 is 0 Å². The lowest BCUT2D eigenvalue weighted by atomic mass is 10.2. The van der Waals surface area contributed by atoms with Crippen LogP contribution in [0.2, 0.25) is 0 Å². The Labute approximate surface area is 112 Å². The second kappa shape index (κ2) is 4.61. The van der Waals surface area contributed by atoms with Gasteiger partial charge in [-0.25, -0.2) is 4.98 Å². The van der Waals surface area contributed by atoms with E-state index in [2.05, 4.69) is 25.9 Å². The van der Waals surface area contributed by atoms with Crippen LogP contribution in [0.25, 0.3) is 0 Å². The summed E-state index contributed by atoms with van der Waals surface area (Å²) in [5.74, 6) is 0.840. The second-order valence-electron chi connectivity index (χ2n) is 4.27. The predicted molar refractivity (Wildman–Crippen MR) is 68.0 cm³/mol. The van der Waals surface area contributed by atoms with Gasteiger partial charge in [0.1, 0.15) is 12.1 Å². The van der Waals surface area contributed by atoms with Crippen LogP contribution in [-0.4, -0.2) is 27.3 Å². The number of nitrogens with one attached hydrogen (secondary N) is 1. The lowest BCUT2D eigenvalue weighted by molar-refractivity contribution is 0.0729. The monoisotopic (exact) mass is 309 g/mol. The van der Waals surface area contributed by atoms with E-state index in [-0.39, 0.29) is 11.9 Å². The Balaban J connectivity index is 1.85. The van der Waals surface area contributed by atoms with Crippen LogP contribution >= 0.6 is 15.9 Å². The number of carbonyl (C=O) groups is 1. The Bertz CT molecular complexity index is 549. The molecular formula is C12H12BrN3O2. The molecule has 94 valence electrons. The van der Waals surface area contributed by atoms with Crippen LogP contribution in [0.4, 0.5) is 0 Å². The van der Waals surface area contributed by atoms with Gasteiger partial charge < -0.3 is 14.3 Å². The molecule has 0 spiro atoms. The van der Waals surface area contributed by atoms with E-state index in [4.69, 9.17) is 4.42 Å². The van der Waals surface area contributed by atoms with Crippen LogP contribution in [0.1, 0.15) is 35.1 Å². The van der Waals surface area contributed by atoms with Crippen LogP contribution in [-0.2, 0) is 0 Å². The average Bonchev–Trinajstić information content (AvgIpc) is 3.08. The number of imidazole rings is 1. The first-order valence-electron chi connectivity index (χ1n) is 5.80. The first-order valence-corrected chi connectivity index (χ1v) is 6.59. The van der Waals surface area contributed by atoms with Crippen LogP contribution in [0.15, 0.2) is 33.8 Å². The maximum Gasteiger partial charge on any atom is 0.257 e. The average molecular weight is 310 g/mol. The second-order valence-corrected chi connectivity index (χ2v) is 5.05. The molecule has 18 heavy (non-hydrogen) atoms. The summed E-state index contributed by atoms with van der Waals surface area (Å²) in [6.07, 6.45) is 6.91. The predicted octanol–water partition coefficient (Wildman–Crippen LogP) is 2.74. The van der Waals surface area contributed by atoms with Crippen LogP contribution in [0.5, 0.6) is 0 Å². The number of hydrogen-bond acceptors (Lipinski definition) is 3. The molecule has 3 rings (SSSR count). The van der Waals surface area contributed by atoms with E-state index in [1.54, 1.807) is 18.5 Å². The first kappa shape index (κ1) is 11.5. The molecule has 2 aromatic heterocycles. The van der Waals surface area contributed by atoms with Crippen LogP contribution in [0, 0.1) is 0 Å². The number of H-pyrrole nitrogens is 1. The van der Waals surface area contributed by atoms with Gasteiger partial charge >= 0.3 is 0 Å². The van der Waals surface area contributed by atoms with Crippen molar-refractivity contribution in [3.05, 3.63) is 40.8 Å². The molecule has 0 saturated carbocycles. The molecule has 1 fully saturated rings. The molecule has 1 atom stereocenters. The summed E-state index contributed by atoms with van der Waals surface area (Å²) in [4.78, 5) is 21.5. The van der Waals surface area contributed by atoms with Gasteiger partial charge in [-0.15, -0.1) is 0 Å². The standard InChI is InChI=1S/C12H12BrN3O2/c13-10-6-8(7-18-10)12(17)16-5-1-2-9(16)11-14-3-4-15-11/h3-4,6-7,9H,1-2,5H2,(H,14,15). The highest BCUT2D eigenvalue weighted by atomic mass is 79.9. The van der Waals surface area contributed by atoms with Crippen molar-refractivity contribution < 1.29 is 9.21 Å². The highest BCUT2D eigenvalue weighted by molar-refractivity contribution is 9.10. The molecule has 1 aliphatic heterocycles. The molecule has 5 nitrogen and oxygen atoms in total. The molecule has 0 radical (unpaired) electrons. The van der Waals surface area contributed by atoms with Crippen molar-refractivity contribution in [2.24, 2.45) is 0 Å². The van der Waals surface area contributed by atoms with E-state index in [1.165, 1.54) is 6.26 Å². The molecule has 1 saturated heterocycles. The van der Waals surface area contributed by atoms with E-state index in [0.29, 0.717) is 10.2 Å². The number of nitrogens with zero attached hydrogens (tertiary/aromatic N) is 2. The topological polar surface area (TPSA) is 62.1 Å². The van der Waals surface area contributed by atoms with Gasteiger partial charge in [-0.2, -0.15) is 0 Å². The third-order valence-corrected chi connectivity index (χ3v) is 3.58. The summed E-state index contributed by atoms with van der Waals surface area (Å²) in [7, 11) is 0. The summed E-state index contributed by atoms with van der Waals surface area (Å²) in [6.45, 7) is 0.757. The Hall–Kier alpha value is -1.56. The molecule has 0 aromatic carbocycles. The largest absolute Gasteiger partial charge is 0.457 e. The zero-order valence-corrected chi connectivity index (χ0v) is 11.2. The van der Waals surface area contributed by atoms with Gasteiger partial charge in [0.25, 0.3) is 5.91 Å². The van der Waals surface area contributed by atoms with E-state index in [9.17, 15) is 4.79 Å². The van der Waals surface area contributed by atoms with E-state index < -0.39 is 0 Å². The third-order valence-electron chi connectivity index (χ3n) is 3.16. The Morgan fingerprint density at radius 3 is 3.17 bits per heavy atom. The van der Waals surface area contributed by atoms with Crippen molar-refractivity contribution in [2.45, 2.75) is 18.9 Å². The zero-order chi connectivity index (χ0) is 12.5. The van der Waals surface area contributed by atoms with Crippen LogP contribution in [0.3, 0.4) is 0 Å². The van der Waals surface area contributed by atoms with Crippen molar-refractivity contribution in [3.63, 3.8) is 0 Å². The number of likely N-dealkylation sites (tertiary alicyclic amines) is 1. The molecular weight excluding hydrogens is 298 g/mol. The van der Waals surface area contributed by atoms with E-state index in [1.807, 2.05) is 4.90 Å². The van der Waals surface area contributed by atoms with Gasteiger partial charge in [0, 0.05) is 25.0 Å². The van der Waals surface area contributed by atoms with Gasteiger partial charge in [-0.05, 0) is 28.8 Å². The number of carbonyl (C=O) groups excluding carboxylic acids is 1. The lowest BCUT2D eigenvalue weighted by Gasteiger charge is -2.22. The van der Waals surface area contributed by atoms with Crippen molar-refractivity contribution in [3.8, 4) is 0 Å². The SMILES string of the molecule is O=C(c1coc(Br)c1)N1CCCC1c1ncc[nH]1. The molecule has 0 bridgehead atoms. The molecule has 1 N–H and O–H groups in total. The minimum atomic E-state index is -0.0108. The quantitative estimate of drug-likeness (QED) is 0.927. The molecule has 1 unspecified atom stereocenters. The van der Waals surface area contributed by atoms with Crippen molar-refractivity contribution in [2.75, 3.05) is 6.54 Å². The first-order chi connectivity index (χ1) is 8.75. The number of halogens is 1. The molecule has 6 heteroatoms. The van der Waals surface area contributed by atoms with Gasteiger partial charge in [-0.3, -0.25) is 4.79 Å². The van der Waals surface area contributed by atoms with Gasteiger partial charge in [0.05, 0.1) is 11.6 Å². The fraction of sp³-hybridized carbons (Fsp3) is 0.333. The zero-order valence-electron chi connectivity index (χ0n) is 9.60. The molecule has 1 amide bonds. The number of rotatable bonds is 2. The number of aromatic amines is 1. The molecule has 1 aliphatic rings. The van der Waals surface area contributed by atoms with Gasteiger partial charge in [0.15, 0.2) is 4.67 Å². The normalized spacial score (nSPS) is 19.4. The highest BCUT2D eigenvalue weighted by Gasteiger charge is 2.32. The lowest BCUT2D eigenvalue weighted by Crippen LogP contribution is -2.30. The molecule has 3 heterocycles. The Morgan fingerprint density at radius 2 is 2.50 bits per heavy atom. The molecule has 2 aromatic rings. The fourth-order valence-electron chi connectivity index (χ4n) is 2.34. The maximum absolute atomic E-state index is 12.4. The minimum Gasteiger partial charge on any atom is -0.457 e. The van der Waals surface area contributed by atoms with Crippen molar-refractivity contribution in [1.29, 1.82) is 0 Å². The van der Waals surface area contributed by atoms with Crippen molar-refractivity contribution >= 4 is 21.8 Å². The number of hydrogen-bond donors (Lipinski definition) is 1. The number of furan rings is 1. The summed E-state index contributed by atoms with van der Waals surface area (Å²) in [6, 6.07) is 1.74. The van der Waals surface area contributed by atoms with Gasteiger partial charge in [0.2, 0.25) is 0 Å². The number of amides is 1.